The number of hydrogen-bond donors (Lipinski definition) is 2. The van der Waals surface area contributed by atoms with Crippen LogP contribution in [-0.2, 0) is 19.1 Å². The van der Waals surface area contributed by atoms with Gasteiger partial charge in [0.1, 0.15) is 0 Å². The van der Waals surface area contributed by atoms with Crippen molar-refractivity contribution in [2.45, 2.75) is 38.5 Å². The Kier molecular flexibility index (Phi) is 9.01. The van der Waals surface area contributed by atoms with Crippen LogP contribution in [0.4, 0.5) is 0 Å². The Balaban J connectivity index is 2.13. The van der Waals surface area contributed by atoms with Gasteiger partial charge in [0.15, 0.2) is 0 Å². The Labute approximate surface area is 126 Å². The summed E-state index contributed by atoms with van der Waals surface area (Å²) in [5.41, 5.74) is 0. The van der Waals surface area contributed by atoms with Gasteiger partial charge in [-0.2, -0.15) is 0 Å². The summed E-state index contributed by atoms with van der Waals surface area (Å²) in [4.78, 5) is 23.2. The van der Waals surface area contributed by atoms with Crippen LogP contribution in [0.25, 0.3) is 0 Å². The normalized spacial score (nSPS) is 22.0. The first kappa shape index (κ1) is 17.9. The summed E-state index contributed by atoms with van der Waals surface area (Å²) >= 11 is 0. The molecule has 1 rings (SSSR count). The highest BCUT2D eigenvalue weighted by molar-refractivity contribution is 5.84. The fraction of sp³-hybridized carbons (Fsp3) is 0.867. The Morgan fingerprint density at radius 1 is 1.10 bits per heavy atom. The van der Waals surface area contributed by atoms with Crippen molar-refractivity contribution >= 4 is 11.9 Å². The van der Waals surface area contributed by atoms with E-state index in [1.807, 2.05) is 0 Å². The molecule has 0 bridgehead atoms. The predicted molar refractivity (Wildman–Crippen MR) is 78.0 cm³/mol. The molecule has 6 heteroatoms. The SMILES string of the molecule is COCCOCCCCNC(=O)[C@@H]1CCCC[C@@H]1C(=O)O. The molecule has 6 nitrogen and oxygen atoms in total. The van der Waals surface area contributed by atoms with Gasteiger partial charge in [0.05, 0.1) is 25.0 Å². The average Bonchev–Trinajstić information content (AvgIpc) is 2.49. The summed E-state index contributed by atoms with van der Waals surface area (Å²) in [6, 6.07) is 0. The Bertz CT molecular complexity index is 321. The zero-order chi connectivity index (χ0) is 15.5. The molecule has 0 unspecified atom stereocenters. The first-order chi connectivity index (χ1) is 10.2. The van der Waals surface area contributed by atoms with Crippen LogP contribution in [0.2, 0.25) is 0 Å². The Morgan fingerprint density at radius 2 is 1.81 bits per heavy atom. The maximum atomic E-state index is 12.1. The second-order valence-corrected chi connectivity index (χ2v) is 5.44. The molecule has 0 saturated heterocycles. The zero-order valence-electron chi connectivity index (χ0n) is 12.8. The topological polar surface area (TPSA) is 84.9 Å². The van der Waals surface area contributed by atoms with Crippen molar-refractivity contribution in [3.63, 3.8) is 0 Å². The number of rotatable bonds is 10. The molecule has 0 aliphatic heterocycles. The largest absolute Gasteiger partial charge is 0.481 e. The van der Waals surface area contributed by atoms with Gasteiger partial charge in [-0.3, -0.25) is 9.59 Å². The van der Waals surface area contributed by atoms with Crippen molar-refractivity contribution in [3.8, 4) is 0 Å². The van der Waals surface area contributed by atoms with E-state index in [-0.39, 0.29) is 11.8 Å². The van der Waals surface area contributed by atoms with Gasteiger partial charge in [0, 0.05) is 20.3 Å². The summed E-state index contributed by atoms with van der Waals surface area (Å²) in [6.07, 6.45) is 4.85. The molecule has 1 saturated carbocycles. The summed E-state index contributed by atoms with van der Waals surface area (Å²) in [5, 5.41) is 12.0. The van der Waals surface area contributed by atoms with Crippen LogP contribution >= 0.6 is 0 Å². The van der Waals surface area contributed by atoms with Crippen LogP contribution < -0.4 is 5.32 Å². The van der Waals surface area contributed by atoms with E-state index >= 15 is 0 Å². The average molecular weight is 301 g/mol. The standard InChI is InChI=1S/C15H27NO5/c1-20-10-11-21-9-5-4-8-16-14(17)12-6-2-3-7-13(12)15(18)19/h12-13H,2-11H2,1H3,(H,16,17)(H,18,19)/t12-,13+/m1/s1. The van der Waals surface area contributed by atoms with Crippen LogP contribution in [-0.4, -0.2) is 50.5 Å². The molecule has 0 radical (unpaired) electrons. The van der Waals surface area contributed by atoms with Crippen LogP contribution in [0.15, 0.2) is 0 Å². The maximum absolute atomic E-state index is 12.1. The highest BCUT2D eigenvalue weighted by Gasteiger charge is 2.35. The summed E-state index contributed by atoms with van der Waals surface area (Å²) in [6.45, 7) is 2.41. The van der Waals surface area contributed by atoms with Crippen LogP contribution in [0, 0.1) is 11.8 Å². The van der Waals surface area contributed by atoms with Gasteiger partial charge in [0.25, 0.3) is 0 Å². The number of carboxylic acid groups (broad SMARTS) is 1. The van der Waals surface area contributed by atoms with E-state index in [1.54, 1.807) is 7.11 Å². The summed E-state index contributed by atoms with van der Waals surface area (Å²) < 4.78 is 10.2. The highest BCUT2D eigenvalue weighted by atomic mass is 16.5. The molecule has 0 aromatic carbocycles. The zero-order valence-corrected chi connectivity index (χ0v) is 12.8. The fourth-order valence-corrected chi connectivity index (χ4v) is 2.66. The molecule has 0 aromatic heterocycles. The lowest BCUT2D eigenvalue weighted by molar-refractivity contribution is -0.148. The van der Waals surface area contributed by atoms with E-state index in [9.17, 15) is 9.59 Å². The van der Waals surface area contributed by atoms with Crippen LogP contribution in [0.5, 0.6) is 0 Å². The monoisotopic (exact) mass is 301 g/mol. The lowest BCUT2D eigenvalue weighted by atomic mass is 9.78. The van der Waals surface area contributed by atoms with E-state index in [0.29, 0.717) is 39.2 Å². The number of carbonyl (C=O) groups is 2. The van der Waals surface area contributed by atoms with Gasteiger partial charge in [0.2, 0.25) is 5.91 Å². The van der Waals surface area contributed by atoms with Crippen molar-refractivity contribution in [2.75, 3.05) is 33.5 Å². The second kappa shape index (κ2) is 10.6. The quantitative estimate of drug-likeness (QED) is 0.596. The van der Waals surface area contributed by atoms with Gasteiger partial charge < -0.3 is 19.9 Å². The van der Waals surface area contributed by atoms with E-state index < -0.39 is 11.9 Å². The molecule has 21 heavy (non-hydrogen) atoms. The molecule has 0 aromatic rings. The minimum absolute atomic E-state index is 0.109. The van der Waals surface area contributed by atoms with Crippen molar-refractivity contribution < 1.29 is 24.2 Å². The number of nitrogens with one attached hydrogen (secondary N) is 1. The number of aliphatic carboxylic acids is 1. The number of amides is 1. The van der Waals surface area contributed by atoms with E-state index in [0.717, 1.165) is 25.7 Å². The van der Waals surface area contributed by atoms with Crippen LogP contribution in [0.1, 0.15) is 38.5 Å². The van der Waals surface area contributed by atoms with Gasteiger partial charge in [-0.25, -0.2) is 0 Å². The lowest BCUT2D eigenvalue weighted by Crippen LogP contribution is -2.40. The second-order valence-electron chi connectivity index (χ2n) is 5.44. The predicted octanol–water partition coefficient (Wildman–Crippen LogP) is 1.44. The molecule has 1 aliphatic carbocycles. The van der Waals surface area contributed by atoms with Crippen molar-refractivity contribution in [2.24, 2.45) is 11.8 Å². The number of hydrogen-bond acceptors (Lipinski definition) is 4. The molecular weight excluding hydrogens is 274 g/mol. The van der Waals surface area contributed by atoms with E-state index in [4.69, 9.17) is 14.6 Å². The minimum Gasteiger partial charge on any atom is -0.481 e. The van der Waals surface area contributed by atoms with Gasteiger partial charge in [-0.05, 0) is 25.7 Å². The third kappa shape index (κ3) is 6.91. The molecule has 1 amide bonds. The third-order valence-corrected chi connectivity index (χ3v) is 3.87. The molecule has 1 aliphatic rings. The van der Waals surface area contributed by atoms with Gasteiger partial charge in [-0.15, -0.1) is 0 Å². The fourth-order valence-electron chi connectivity index (χ4n) is 2.66. The van der Waals surface area contributed by atoms with Crippen molar-refractivity contribution in [3.05, 3.63) is 0 Å². The number of carboxylic acids is 1. The Morgan fingerprint density at radius 3 is 2.48 bits per heavy atom. The first-order valence-corrected chi connectivity index (χ1v) is 7.74. The Hall–Kier alpha value is -1.14. The molecule has 2 atom stereocenters. The van der Waals surface area contributed by atoms with Crippen molar-refractivity contribution in [1.82, 2.24) is 5.32 Å². The third-order valence-electron chi connectivity index (χ3n) is 3.87. The maximum Gasteiger partial charge on any atom is 0.307 e. The first-order valence-electron chi connectivity index (χ1n) is 7.74. The summed E-state index contributed by atoms with van der Waals surface area (Å²) in [5.74, 6) is -1.84. The van der Waals surface area contributed by atoms with E-state index in [1.165, 1.54) is 0 Å². The molecule has 1 fully saturated rings. The molecule has 0 spiro atoms. The number of unbranched alkanes of at least 4 members (excludes halogenated alkanes) is 1. The number of carbonyl (C=O) groups excluding carboxylic acids is 1. The number of ether oxygens (including phenoxy) is 2. The molecule has 2 N–H and O–H groups in total. The smallest absolute Gasteiger partial charge is 0.307 e. The minimum atomic E-state index is -0.846. The van der Waals surface area contributed by atoms with Gasteiger partial charge in [-0.1, -0.05) is 12.8 Å². The number of methoxy groups -OCH3 is 1. The molecule has 0 heterocycles. The lowest BCUT2D eigenvalue weighted by Gasteiger charge is -2.27. The van der Waals surface area contributed by atoms with E-state index in [2.05, 4.69) is 5.32 Å². The van der Waals surface area contributed by atoms with Crippen molar-refractivity contribution in [1.29, 1.82) is 0 Å². The van der Waals surface area contributed by atoms with Crippen LogP contribution in [0.3, 0.4) is 0 Å². The van der Waals surface area contributed by atoms with Gasteiger partial charge >= 0.3 is 5.97 Å². The molecular formula is C15H27NO5. The summed E-state index contributed by atoms with van der Waals surface area (Å²) in [7, 11) is 1.63. The highest BCUT2D eigenvalue weighted by Crippen LogP contribution is 2.30. The molecule has 122 valence electrons.